The smallest absolute Gasteiger partial charge is 0.269 e. The molecule has 1 amide bonds. The lowest BCUT2D eigenvalue weighted by atomic mass is 9.95. The molecule has 1 aromatic rings. The van der Waals surface area contributed by atoms with E-state index in [1.54, 1.807) is 24.3 Å². The molecule has 1 aliphatic heterocycles. The Morgan fingerprint density at radius 1 is 1.08 bits per heavy atom. The fourth-order valence-corrected chi connectivity index (χ4v) is 3.67. The van der Waals surface area contributed by atoms with Gasteiger partial charge >= 0.3 is 0 Å². The lowest BCUT2D eigenvalue weighted by Crippen LogP contribution is -2.50. The molecular formula is C18H26N4O3. The number of hydrogen-bond acceptors (Lipinski definition) is 5. The molecule has 1 heterocycles. The summed E-state index contributed by atoms with van der Waals surface area (Å²) in [5.41, 5.74) is 1.11. The second kappa shape index (κ2) is 8.29. The van der Waals surface area contributed by atoms with Crippen LogP contribution in [-0.2, 0) is 4.79 Å². The van der Waals surface area contributed by atoms with E-state index in [2.05, 4.69) is 15.1 Å². The Morgan fingerprint density at radius 3 is 2.32 bits per heavy atom. The minimum atomic E-state index is -0.382. The molecule has 7 heteroatoms. The average Bonchev–Trinajstić information content (AvgIpc) is 2.63. The molecule has 25 heavy (non-hydrogen) atoms. The van der Waals surface area contributed by atoms with Crippen molar-refractivity contribution in [1.29, 1.82) is 0 Å². The van der Waals surface area contributed by atoms with E-state index in [1.807, 2.05) is 0 Å². The molecular weight excluding hydrogens is 320 g/mol. The van der Waals surface area contributed by atoms with Crippen molar-refractivity contribution < 1.29 is 9.72 Å². The number of rotatable bonds is 5. The maximum Gasteiger partial charge on any atom is 0.269 e. The third-order valence-electron chi connectivity index (χ3n) is 5.14. The van der Waals surface area contributed by atoms with Crippen molar-refractivity contribution >= 4 is 17.3 Å². The van der Waals surface area contributed by atoms with Crippen LogP contribution in [0.1, 0.15) is 32.1 Å². The number of non-ortho nitro benzene ring substituents is 1. The van der Waals surface area contributed by atoms with Crippen molar-refractivity contribution in [1.82, 2.24) is 10.2 Å². The summed E-state index contributed by atoms with van der Waals surface area (Å²) in [7, 11) is 0. The van der Waals surface area contributed by atoms with Gasteiger partial charge in [-0.3, -0.25) is 19.8 Å². The van der Waals surface area contributed by atoms with E-state index in [-0.39, 0.29) is 16.5 Å². The lowest BCUT2D eigenvalue weighted by Gasteiger charge is -2.36. The van der Waals surface area contributed by atoms with Gasteiger partial charge in [-0.2, -0.15) is 0 Å². The zero-order valence-electron chi connectivity index (χ0n) is 14.5. The van der Waals surface area contributed by atoms with E-state index in [0.717, 1.165) is 44.7 Å². The van der Waals surface area contributed by atoms with E-state index < -0.39 is 0 Å². The van der Waals surface area contributed by atoms with Gasteiger partial charge in [-0.05, 0) is 25.0 Å². The number of carbonyl (C=O) groups excluding carboxylic acids is 1. The van der Waals surface area contributed by atoms with Crippen LogP contribution in [0.3, 0.4) is 0 Å². The number of nitrogens with one attached hydrogen (secondary N) is 1. The highest BCUT2D eigenvalue weighted by Gasteiger charge is 2.21. The average molecular weight is 346 g/mol. The van der Waals surface area contributed by atoms with Crippen molar-refractivity contribution in [2.24, 2.45) is 0 Å². The number of benzene rings is 1. The van der Waals surface area contributed by atoms with E-state index >= 15 is 0 Å². The zero-order chi connectivity index (χ0) is 17.6. The van der Waals surface area contributed by atoms with Crippen LogP contribution in [0.25, 0.3) is 0 Å². The topological polar surface area (TPSA) is 78.7 Å². The standard InChI is InChI=1S/C18H26N4O3/c23-18(19-15-4-2-1-3-5-15)14-20-10-12-21(13-11-20)16-6-8-17(9-7-16)22(24)25/h6-9,15H,1-5,10-14H2,(H,19,23). The van der Waals surface area contributed by atoms with Gasteiger partial charge in [0, 0.05) is 50.0 Å². The summed E-state index contributed by atoms with van der Waals surface area (Å²) in [6.07, 6.45) is 5.95. The number of anilines is 1. The monoisotopic (exact) mass is 346 g/mol. The summed E-state index contributed by atoms with van der Waals surface area (Å²) in [6.45, 7) is 3.78. The molecule has 136 valence electrons. The van der Waals surface area contributed by atoms with Crippen LogP contribution < -0.4 is 10.2 Å². The van der Waals surface area contributed by atoms with Gasteiger partial charge in [-0.25, -0.2) is 0 Å². The number of piperazine rings is 1. The predicted octanol–water partition coefficient (Wildman–Crippen LogP) is 2.17. The van der Waals surface area contributed by atoms with Gasteiger partial charge < -0.3 is 10.2 Å². The minimum absolute atomic E-state index is 0.113. The summed E-state index contributed by atoms with van der Waals surface area (Å²) < 4.78 is 0. The van der Waals surface area contributed by atoms with Gasteiger partial charge in [-0.15, -0.1) is 0 Å². The molecule has 0 radical (unpaired) electrons. The van der Waals surface area contributed by atoms with Crippen LogP contribution in [0.5, 0.6) is 0 Å². The second-order valence-corrected chi connectivity index (χ2v) is 6.94. The Bertz CT molecular complexity index is 591. The van der Waals surface area contributed by atoms with Crippen LogP contribution in [-0.4, -0.2) is 54.5 Å². The Labute approximate surface area is 148 Å². The Morgan fingerprint density at radius 2 is 1.72 bits per heavy atom. The van der Waals surface area contributed by atoms with Crippen LogP contribution in [0.2, 0.25) is 0 Å². The summed E-state index contributed by atoms with van der Waals surface area (Å²) in [6, 6.07) is 7.04. The van der Waals surface area contributed by atoms with Crippen molar-refractivity contribution in [3.05, 3.63) is 34.4 Å². The van der Waals surface area contributed by atoms with Crippen LogP contribution in [0.4, 0.5) is 11.4 Å². The van der Waals surface area contributed by atoms with Gasteiger partial charge in [-0.1, -0.05) is 19.3 Å². The molecule has 0 aromatic heterocycles. The first-order valence-electron chi connectivity index (χ1n) is 9.13. The van der Waals surface area contributed by atoms with E-state index in [9.17, 15) is 14.9 Å². The van der Waals surface area contributed by atoms with Crippen LogP contribution in [0, 0.1) is 10.1 Å². The molecule has 1 aromatic carbocycles. The number of carbonyl (C=O) groups is 1. The highest BCUT2D eigenvalue weighted by atomic mass is 16.6. The first-order chi connectivity index (χ1) is 12.1. The molecule has 0 bridgehead atoms. The van der Waals surface area contributed by atoms with E-state index in [0.29, 0.717) is 12.6 Å². The highest BCUT2D eigenvalue weighted by Crippen LogP contribution is 2.21. The molecule has 7 nitrogen and oxygen atoms in total. The van der Waals surface area contributed by atoms with Gasteiger partial charge in [0.15, 0.2) is 0 Å². The fraction of sp³-hybridized carbons (Fsp3) is 0.611. The maximum atomic E-state index is 12.2. The molecule has 1 saturated heterocycles. The summed E-state index contributed by atoms with van der Waals surface area (Å²) >= 11 is 0. The number of amides is 1. The SMILES string of the molecule is O=C(CN1CCN(c2ccc([N+](=O)[O-])cc2)CC1)NC1CCCCC1. The largest absolute Gasteiger partial charge is 0.369 e. The Balaban J connectivity index is 1.43. The van der Waals surface area contributed by atoms with Crippen LogP contribution >= 0.6 is 0 Å². The third-order valence-corrected chi connectivity index (χ3v) is 5.14. The number of nitrogens with zero attached hydrogens (tertiary/aromatic N) is 3. The zero-order valence-corrected chi connectivity index (χ0v) is 14.5. The number of nitro groups is 1. The molecule has 2 aliphatic rings. The molecule has 2 fully saturated rings. The number of nitro benzene ring substituents is 1. The maximum absolute atomic E-state index is 12.2. The Kier molecular flexibility index (Phi) is 5.86. The van der Waals surface area contributed by atoms with Crippen molar-refractivity contribution in [2.75, 3.05) is 37.6 Å². The van der Waals surface area contributed by atoms with Crippen molar-refractivity contribution in [2.45, 2.75) is 38.1 Å². The lowest BCUT2D eigenvalue weighted by molar-refractivity contribution is -0.384. The summed E-state index contributed by atoms with van der Waals surface area (Å²) in [4.78, 5) is 26.9. The summed E-state index contributed by atoms with van der Waals surface area (Å²) in [5.74, 6) is 0.135. The molecule has 3 rings (SSSR count). The molecule has 0 atom stereocenters. The van der Waals surface area contributed by atoms with Crippen molar-refractivity contribution in [3.63, 3.8) is 0 Å². The fourth-order valence-electron chi connectivity index (χ4n) is 3.67. The quantitative estimate of drug-likeness (QED) is 0.653. The van der Waals surface area contributed by atoms with Gasteiger partial charge in [0.1, 0.15) is 0 Å². The molecule has 0 spiro atoms. The number of hydrogen-bond donors (Lipinski definition) is 1. The first-order valence-corrected chi connectivity index (χ1v) is 9.13. The Hall–Kier alpha value is -2.15. The minimum Gasteiger partial charge on any atom is -0.369 e. The van der Waals surface area contributed by atoms with Gasteiger partial charge in [0.25, 0.3) is 5.69 Å². The third kappa shape index (κ3) is 4.92. The van der Waals surface area contributed by atoms with Gasteiger partial charge in [0.05, 0.1) is 11.5 Å². The van der Waals surface area contributed by atoms with E-state index in [4.69, 9.17) is 0 Å². The second-order valence-electron chi connectivity index (χ2n) is 6.94. The molecule has 0 unspecified atom stereocenters. The van der Waals surface area contributed by atoms with E-state index in [1.165, 1.54) is 19.3 Å². The molecule has 1 saturated carbocycles. The molecule has 1 N–H and O–H groups in total. The van der Waals surface area contributed by atoms with Gasteiger partial charge in [0.2, 0.25) is 5.91 Å². The van der Waals surface area contributed by atoms with Crippen molar-refractivity contribution in [3.8, 4) is 0 Å². The highest BCUT2D eigenvalue weighted by molar-refractivity contribution is 5.78. The normalized spacial score (nSPS) is 19.6. The summed E-state index contributed by atoms with van der Waals surface area (Å²) in [5, 5.41) is 13.9. The molecule has 1 aliphatic carbocycles. The first kappa shape index (κ1) is 17.7. The predicted molar refractivity (Wildman–Crippen MR) is 96.8 cm³/mol. The van der Waals surface area contributed by atoms with Crippen LogP contribution in [0.15, 0.2) is 24.3 Å².